The van der Waals surface area contributed by atoms with Crippen LogP contribution < -0.4 is 9.64 Å². The summed E-state index contributed by atoms with van der Waals surface area (Å²) in [5.74, 6) is 1.44. The van der Waals surface area contributed by atoms with Crippen molar-refractivity contribution in [3.8, 4) is 5.75 Å². The lowest BCUT2D eigenvalue weighted by Crippen LogP contribution is -2.20. The molecular weight excluding hydrogens is 472 g/mol. The fraction of sp³-hybridized carbons (Fsp3) is 0.143. The van der Waals surface area contributed by atoms with Crippen molar-refractivity contribution in [2.24, 2.45) is 0 Å². The van der Waals surface area contributed by atoms with E-state index in [1.54, 1.807) is 0 Å². The molecule has 0 amide bonds. The van der Waals surface area contributed by atoms with E-state index in [2.05, 4.69) is 68.0 Å². The molecule has 178 valence electrons. The second-order valence-corrected chi connectivity index (χ2v) is 9.16. The first-order chi connectivity index (χ1) is 17.7. The highest BCUT2D eigenvalue weighted by Crippen LogP contribution is 2.38. The molecule has 7 nitrogen and oxygen atoms in total. The number of halogens is 1. The Bertz CT molecular complexity index is 1550. The van der Waals surface area contributed by atoms with E-state index in [-0.39, 0.29) is 0 Å². The van der Waals surface area contributed by atoms with Crippen molar-refractivity contribution in [2.45, 2.75) is 19.6 Å². The van der Waals surface area contributed by atoms with Gasteiger partial charge in [0.05, 0.1) is 16.9 Å². The quantitative estimate of drug-likeness (QED) is 0.312. The maximum atomic E-state index is 6.13. The summed E-state index contributed by atoms with van der Waals surface area (Å²) in [6, 6.07) is 24.6. The molecule has 36 heavy (non-hydrogen) atoms. The Kier molecular flexibility index (Phi) is 6.05. The van der Waals surface area contributed by atoms with Gasteiger partial charge in [-0.15, -0.1) is 5.10 Å². The van der Waals surface area contributed by atoms with Gasteiger partial charge in [-0.05, 0) is 69.9 Å². The van der Waals surface area contributed by atoms with Gasteiger partial charge in [-0.3, -0.25) is 0 Å². The number of para-hydroxylation sites is 1. The van der Waals surface area contributed by atoms with Crippen LogP contribution >= 0.6 is 11.6 Å². The van der Waals surface area contributed by atoms with Crippen LogP contribution in [-0.4, -0.2) is 32.2 Å². The van der Waals surface area contributed by atoms with Crippen LogP contribution in [0.4, 0.5) is 5.69 Å². The summed E-state index contributed by atoms with van der Waals surface area (Å²) in [5.41, 5.74) is 6.59. The zero-order chi connectivity index (χ0) is 24.3. The Morgan fingerprint density at radius 3 is 2.83 bits per heavy atom. The number of ether oxygens (including phenoxy) is 1. The number of fused-ring (bicyclic) bond motifs is 2. The molecule has 0 saturated carbocycles. The van der Waals surface area contributed by atoms with E-state index in [4.69, 9.17) is 21.3 Å². The average molecular weight is 495 g/mol. The van der Waals surface area contributed by atoms with E-state index < -0.39 is 0 Å². The lowest BCUT2D eigenvalue weighted by atomic mass is 10.1. The van der Waals surface area contributed by atoms with Gasteiger partial charge in [-0.2, -0.15) is 0 Å². The molecule has 3 aromatic carbocycles. The number of pyridine rings is 1. The zero-order valence-electron chi connectivity index (χ0n) is 19.4. The summed E-state index contributed by atoms with van der Waals surface area (Å²) < 4.78 is 6.07. The van der Waals surface area contributed by atoms with Crippen LogP contribution in [0.3, 0.4) is 0 Å². The Balaban J connectivity index is 1.19. The predicted molar refractivity (Wildman–Crippen MR) is 142 cm³/mol. The molecule has 2 aromatic heterocycles. The Morgan fingerprint density at radius 2 is 1.92 bits per heavy atom. The van der Waals surface area contributed by atoms with Gasteiger partial charge in [0, 0.05) is 23.5 Å². The van der Waals surface area contributed by atoms with Gasteiger partial charge in [0.2, 0.25) is 0 Å². The first kappa shape index (κ1) is 22.2. The molecule has 0 spiro atoms. The molecule has 6 rings (SSSR count). The summed E-state index contributed by atoms with van der Waals surface area (Å²) in [5, 5.41) is 15.6. The number of nitrogens with one attached hydrogen (secondary N) is 1. The molecule has 0 unspecified atom stereocenters. The number of rotatable bonds is 7. The molecular formula is C28H23ClN6O. The van der Waals surface area contributed by atoms with E-state index >= 15 is 0 Å². The molecule has 0 radical (unpaired) electrons. The minimum atomic E-state index is 0.298. The van der Waals surface area contributed by atoms with Crippen molar-refractivity contribution in [3.63, 3.8) is 0 Å². The van der Waals surface area contributed by atoms with Gasteiger partial charge in [0.1, 0.15) is 12.4 Å². The lowest BCUT2D eigenvalue weighted by molar-refractivity contribution is 0.296. The third kappa shape index (κ3) is 4.78. The third-order valence-electron chi connectivity index (χ3n) is 6.25. The number of aromatic nitrogens is 5. The highest BCUT2D eigenvalue weighted by molar-refractivity contribution is 6.31. The molecule has 0 atom stereocenters. The van der Waals surface area contributed by atoms with Gasteiger partial charge in [-0.25, -0.2) is 10.1 Å². The monoisotopic (exact) mass is 494 g/mol. The topological polar surface area (TPSA) is 79.8 Å². The summed E-state index contributed by atoms with van der Waals surface area (Å²) in [6.07, 6.45) is 5.13. The summed E-state index contributed by atoms with van der Waals surface area (Å²) >= 11 is 6.13. The zero-order valence-corrected chi connectivity index (χ0v) is 20.2. The maximum absolute atomic E-state index is 6.13. The van der Waals surface area contributed by atoms with Crippen molar-refractivity contribution < 1.29 is 4.74 Å². The highest BCUT2D eigenvalue weighted by Gasteiger charge is 2.23. The average Bonchev–Trinajstić information content (AvgIpc) is 3.57. The van der Waals surface area contributed by atoms with Crippen LogP contribution in [0.2, 0.25) is 5.02 Å². The molecule has 0 bridgehead atoms. The largest absolute Gasteiger partial charge is 0.483 e. The highest BCUT2D eigenvalue weighted by atomic mass is 35.5. The third-order valence-corrected chi connectivity index (χ3v) is 6.49. The van der Waals surface area contributed by atoms with Crippen LogP contribution in [0.15, 0.2) is 72.8 Å². The van der Waals surface area contributed by atoms with Crippen LogP contribution in [0.25, 0.3) is 23.1 Å². The van der Waals surface area contributed by atoms with Gasteiger partial charge in [0.15, 0.2) is 5.82 Å². The van der Waals surface area contributed by atoms with Gasteiger partial charge >= 0.3 is 0 Å². The fourth-order valence-corrected chi connectivity index (χ4v) is 4.72. The molecule has 0 aliphatic carbocycles. The summed E-state index contributed by atoms with van der Waals surface area (Å²) in [7, 11) is 0. The van der Waals surface area contributed by atoms with E-state index in [0.717, 1.165) is 53.1 Å². The molecule has 0 saturated heterocycles. The van der Waals surface area contributed by atoms with E-state index in [9.17, 15) is 0 Å². The van der Waals surface area contributed by atoms with E-state index in [0.29, 0.717) is 17.5 Å². The molecule has 1 aliphatic heterocycles. The number of hydrogen-bond acceptors (Lipinski definition) is 6. The lowest BCUT2D eigenvalue weighted by Gasteiger charge is -2.22. The van der Waals surface area contributed by atoms with Crippen molar-refractivity contribution in [1.29, 1.82) is 0 Å². The number of aromatic amines is 1. The van der Waals surface area contributed by atoms with Gasteiger partial charge < -0.3 is 9.64 Å². The number of anilines is 1. The molecule has 1 aliphatic rings. The molecule has 8 heteroatoms. The molecule has 3 heterocycles. The Hall–Kier alpha value is -4.23. The van der Waals surface area contributed by atoms with Crippen LogP contribution in [0.5, 0.6) is 5.75 Å². The second-order valence-electron chi connectivity index (χ2n) is 8.72. The normalized spacial score (nSPS) is 13.0. The SMILES string of the molecule is Clc1ccc2ccc(C=Cc3cccc(CN4CCc5cccc(OCc6nnn[nH]6)c54)c3)nc2c1. The first-order valence-corrected chi connectivity index (χ1v) is 12.1. The summed E-state index contributed by atoms with van der Waals surface area (Å²) in [4.78, 5) is 7.10. The van der Waals surface area contributed by atoms with Crippen molar-refractivity contribution in [1.82, 2.24) is 25.6 Å². The van der Waals surface area contributed by atoms with Crippen LogP contribution in [0.1, 0.15) is 28.2 Å². The second kappa shape index (κ2) is 9.79. The Morgan fingerprint density at radius 1 is 1.00 bits per heavy atom. The van der Waals surface area contributed by atoms with Gasteiger partial charge in [0.25, 0.3) is 0 Å². The standard InChI is InChI=1S/C28H23ClN6O/c29-23-10-8-21-9-12-24(30-25(21)16-23)11-7-19-3-1-4-20(15-19)17-35-14-13-22-5-2-6-26(28(22)35)36-18-27-31-33-34-32-27/h1-12,15-16H,13-14,17-18H2,(H,31,32,33,34). The number of nitrogens with zero attached hydrogens (tertiary/aromatic N) is 5. The molecule has 0 fully saturated rings. The number of tetrazole rings is 1. The smallest absolute Gasteiger partial charge is 0.186 e. The number of benzene rings is 3. The van der Waals surface area contributed by atoms with Gasteiger partial charge in [-0.1, -0.05) is 60.1 Å². The minimum Gasteiger partial charge on any atom is -0.483 e. The summed E-state index contributed by atoms with van der Waals surface area (Å²) in [6.45, 7) is 2.04. The number of H-pyrrole nitrogens is 1. The Labute approximate surface area is 213 Å². The van der Waals surface area contributed by atoms with Crippen molar-refractivity contribution >= 4 is 40.3 Å². The van der Waals surface area contributed by atoms with E-state index in [1.165, 1.54) is 11.1 Å². The molecule has 1 N–H and O–H groups in total. The maximum Gasteiger partial charge on any atom is 0.186 e. The van der Waals surface area contributed by atoms with Crippen LogP contribution in [0, 0.1) is 0 Å². The predicted octanol–water partition coefficient (Wildman–Crippen LogP) is 5.71. The van der Waals surface area contributed by atoms with Crippen molar-refractivity contribution in [2.75, 3.05) is 11.4 Å². The molecule has 5 aromatic rings. The van der Waals surface area contributed by atoms with Crippen LogP contribution in [-0.2, 0) is 19.6 Å². The first-order valence-electron chi connectivity index (χ1n) is 11.8. The minimum absolute atomic E-state index is 0.298. The van der Waals surface area contributed by atoms with E-state index in [1.807, 2.05) is 42.5 Å². The number of hydrogen-bond donors (Lipinski definition) is 1. The fourth-order valence-electron chi connectivity index (χ4n) is 4.55. The van der Waals surface area contributed by atoms with Crippen molar-refractivity contribution in [3.05, 3.63) is 106 Å².